The molecule has 0 aromatic carbocycles. The summed E-state index contributed by atoms with van der Waals surface area (Å²) in [7, 11) is -3.56. The summed E-state index contributed by atoms with van der Waals surface area (Å²) in [5, 5.41) is 0.404. The van der Waals surface area contributed by atoms with Crippen molar-refractivity contribution >= 4 is 16.6 Å². The zero-order chi connectivity index (χ0) is 17.1. The summed E-state index contributed by atoms with van der Waals surface area (Å²) >= 11 is 0. The Labute approximate surface area is 135 Å². The van der Waals surface area contributed by atoms with Gasteiger partial charge in [-0.25, -0.2) is 0 Å². The molecular formula is C17H36O2Si2. The second kappa shape index (κ2) is 6.99. The van der Waals surface area contributed by atoms with Gasteiger partial charge in [-0.15, -0.1) is 12.3 Å². The van der Waals surface area contributed by atoms with Crippen molar-refractivity contribution in [3.05, 3.63) is 0 Å². The van der Waals surface area contributed by atoms with Gasteiger partial charge in [-0.1, -0.05) is 41.5 Å². The lowest BCUT2D eigenvalue weighted by Crippen LogP contribution is -2.47. The summed E-state index contributed by atoms with van der Waals surface area (Å²) in [6.07, 6.45) is 6.17. The number of hydrogen-bond acceptors (Lipinski definition) is 2. The van der Waals surface area contributed by atoms with Crippen LogP contribution >= 0.6 is 0 Å². The van der Waals surface area contributed by atoms with Gasteiger partial charge < -0.3 is 8.85 Å². The second-order valence-corrected chi connectivity index (χ2v) is 18.5. The van der Waals surface area contributed by atoms with Crippen molar-refractivity contribution in [1.29, 1.82) is 0 Å². The van der Waals surface area contributed by atoms with Crippen LogP contribution in [0.5, 0.6) is 0 Å². The largest absolute Gasteiger partial charge is 0.414 e. The van der Waals surface area contributed by atoms with E-state index in [1.54, 1.807) is 0 Å². The van der Waals surface area contributed by atoms with E-state index in [-0.39, 0.29) is 16.2 Å². The topological polar surface area (TPSA) is 18.5 Å². The summed E-state index contributed by atoms with van der Waals surface area (Å²) in [4.78, 5) is 0. The minimum atomic E-state index is -1.81. The molecule has 0 aliphatic heterocycles. The molecule has 124 valence electrons. The van der Waals surface area contributed by atoms with Gasteiger partial charge in [0.05, 0.1) is 12.7 Å². The fourth-order valence-electron chi connectivity index (χ4n) is 1.38. The van der Waals surface area contributed by atoms with E-state index in [9.17, 15) is 0 Å². The Kier molecular flexibility index (Phi) is 6.97. The van der Waals surface area contributed by atoms with Crippen LogP contribution in [0.1, 0.15) is 48.0 Å². The lowest BCUT2D eigenvalue weighted by molar-refractivity contribution is 0.111. The number of hydrogen-bond donors (Lipinski definition) is 0. The summed E-state index contributed by atoms with van der Waals surface area (Å²) in [6, 6.07) is 0. The van der Waals surface area contributed by atoms with Crippen LogP contribution in [0.15, 0.2) is 0 Å². The molecule has 2 nitrogen and oxygen atoms in total. The minimum Gasteiger partial charge on any atom is -0.414 e. The highest BCUT2D eigenvalue weighted by atomic mass is 28.4. The van der Waals surface area contributed by atoms with Crippen molar-refractivity contribution < 1.29 is 8.85 Å². The molecular weight excluding hydrogens is 292 g/mol. The van der Waals surface area contributed by atoms with Gasteiger partial charge in [-0.3, -0.25) is 0 Å². The Morgan fingerprint density at radius 2 is 1.33 bits per heavy atom. The molecule has 0 saturated heterocycles. The van der Waals surface area contributed by atoms with Gasteiger partial charge in [0, 0.05) is 6.42 Å². The molecule has 4 heteroatoms. The third-order valence-corrected chi connectivity index (χ3v) is 14.1. The maximum Gasteiger partial charge on any atom is 0.192 e. The SMILES string of the molecule is C#CC[C@@H](CO[Si](C)(C)C(C)(C)C)O[Si](C)(C)C(C)(C)C. The van der Waals surface area contributed by atoms with Crippen molar-refractivity contribution in [2.75, 3.05) is 6.61 Å². The van der Waals surface area contributed by atoms with Crippen molar-refractivity contribution in [3.8, 4) is 12.3 Å². The molecule has 0 rings (SSSR count). The van der Waals surface area contributed by atoms with E-state index < -0.39 is 16.6 Å². The molecule has 0 aromatic rings. The first-order valence-electron chi connectivity index (χ1n) is 7.89. The number of terminal acetylenes is 1. The quantitative estimate of drug-likeness (QED) is 0.478. The smallest absolute Gasteiger partial charge is 0.192 e. The molecule has 21 heavy (non-hydrogen) atoms. The first-order valence-corrected chi connectivity index (χ1v) is 13.7. The lowest BCUT2D eigenvalue weighted by Gasteiger charge is -2.41. The highest BCUT2D eigenvalue weighted by molar-refractivity contribution is 6.74. The third kappa shape index (κ3) is 6.27. The average molecular weight is 329 g/mol. The van der Waals surface area contributed by atoms with E-state index in [1.165, 1.54) is 0 Å². The van der Waals surface area contributed by atoms with Gasteiger partial charge in [0.1, 0.15) is 0 Å². The predicted octanol–water partition coefficient (Wildman–Crippen LogP) is 5.42. The molecule has 0 aliphatic carbocycles. The highest BCUT2D eigenvalue weighted by Crippen LogP contribution is 2.39. The van der Waals surface area contributed by atoms with E-state index in [1.807, 2.05) is 0 Å². The maximum atomic E-state index is 6.44. The fourth-order valence-corrected chi connectivity index (χ4v) is 3.75. The molecule has 0 bridgehead atoms. The van der Waals surface area contributed by atoms with Crippen LogP contribution in [0.4, 0.5) is 0 Å². The number of rotatable bonds is 6. The zero-order valence-electron chi connectivity index (χ0n) is 15.9. The van der Waals surface area contributed by atoms with E-state index >= 15 is 0 Å². The predicted molar refractivity (Wildman–Crippen MR) is 98.7 cm³/mol. The molecule has 1 atom stereocenters. The van der Waals surface area contributed by atoms with Gasteiger partial charge in [0.25, 0.3) is 0 Å². The highest BCUT2D eigenvalue weighted by Gasteiger charge is 2.41. The van der Waals surface area contributed by atoms with Gasteiger partial charge >= 0.3 is 0 Å². The monoisotopic (exact) mass is 328 g/mol. The first kappa shape index (κ1) is 20.9. The van der Waals surface area contributed by atoms with Gasteiger partial charge in [-0.05, 0) is 36.3 Å². The molecule has 0 unspecified atom stereocenters. The minimum absolute atomic E-state index is 0.0185. The summed E-state index contributed by atoms with van der Waals surface area (Å²) < 4.78 is 12.8. The molecule has 0 radical (unpaired) electrons. The normalized spacial score (nSPS) is 15.7. The van der Waals surface area contributed by atoms with Gasteiger partial charge in [-0.2, -0.15) is 0 Å². The van der Waals surface area contributed by atoms with Crippen LogP contribution in [0.2, 0.25) is 36.3 Å². The maximum absolute atomic E-state index is 6.44. The summed E-state index contributed by atoms with van der Waals surface area (Å²) in [5.74, 6) is 2.75. The molecule has 0 aromatic heterocycles. The average Bonchev–Trinajstić information content (AvgIpc) is 2.22. The standard InChI is InChI=1S/C17H36O2Si2/c1-12-13-15(19-21(10,11)17(5,6)7)14-18-20(8,9)16(2,3)4/h1,15H,13-14H2,2-11H3/t15-/m0/s1. The first-order chi connectivity index (χ1) is 9.14. The van der Waals surface area contributed by atoms with E-state index in [2.05, 4.69) is 73.7 Å². The van der Waals surface area contributed by atoms with Crippen LogP contribution < -0.4 is 0 Å². The Bertz CT molecular complexity index is 368. The van der Waals surface area contributed by atoms with E-state index in [0.717, 1.165) is 0 Å². The molecule has 0 fully saturated rings. The van der Waals surface area contributed by atoms with Crippen molar-refractivity contribution in [2.24, 2.45) is 0 Å². The molecule has 0 saturated carbocycles. The van der Waals surface area contributed by atoms with Crippen LogP contribution in [-0.4, -0.2) is 29.3 Å². The van der Waals surface area contributed by atoms with Crippen LogP contribution in [0, 0.1) is 12.3 Å². The van der Waals surface area contributed by atoms with E-state index in [4.69, 9.17) is 15.3 Å². The van der Waals surface area contributed by atoms with Gasteiger partial charge in [0.15, 0.2) is 16.6 Å². The molecule has 0 amide bonds. The van der Waals surface area contributed by atoms with Crippen LogP contribution in [0.3, 0.4) is 0 Å². The summed E-state index contributed by atoms with van der Waals surface area (Å²) in [5.41, 5.74) is 0. The molecule has 0 aliphatic rings. The van der Waals surface area contributed by atoms with E-state index in [0.29, 0.717) is 13.0 Å². The molecule has 0 N–H and O–H groups in total. The van der Waals surface area contributed by atoms with Gasteiger partial charge in [0.2, 0.25) is 0 Å². The Morgan fingerprint density at radius 1 is 0.905 bits per heavy atom. The van der Waals surface area contributed by atoms with Crippen LogP contribution in [-0.2, 0) is 8.85 Å². The fraction of sp³-hybridized carbons (Fsp3) is 0.882. The Morgan fingerprint density at radius 3 is 1.67 bits per heavy atom. The Balaban J connectivity index is 4.86. The second-order valence-electron chi connectivity index (χ2n) is 8.98. The lowest BCUT2D eigenvalue weighted by atomic mass is 10.2. The zero-order valence-corrected chi connectivity index (χ0v) is 17.9. The summed E-state index contributed by atoms with van der Waals surface area (Å²) in [6.45, 7) is 23.2. The Hall–Kier alpha value is -0.0862. The third-order valence-electron chi connectivity index (χ3n) is 5.05. The van der Waals surface area contributed by atoms with Crippen LogP contribution in [0.25, 0.3) is 0 Å². The van der Waals surface area contributed by atoms with Crippen molar-refractivity contribution in [2.45, 2.75) is 90.3 Å². The van der Waals surface area contributed by atoms with Crippen molar-refractivity contribution in [1.82, 2.24) is 0 Å². The molecule has 0 heterocycles. The molecule has 0 spiro atoms. The van der Waals surface area contributed by atoms with Crippen molar-refractivity contribution in [3.63, 3.8) is 0 Å².